The number of aryl methyl sites for hydroxylation is 1. The zero-order valence-corrected chi connectivity index (χ0v) is 26.4. The Bertz CT molecular complexity index is 1630. The summed E-state index contributed by atoms with van der Waals surface area (Å²) >= 11 is 9.52. The summed E-state index contributed by atoms with van der Waals surface area (Å²) in [7, 11) is -2.64. The van der Waals surface area contributed by atoms with E-state index in [1.54, 1.807) is 60.7 Å². The van der Waals surface area contributed by atoms with Crippen molar-refractivity contribution >= 4 is 55.1 Å². The summed E-state index contributed by atoms with van der Waals surface area (Å²) in [6, 6.07) is 28.7. The number of halogens is 2. The molecule has 4 aromatic carbocycles. The van der Waals surface area contributed by atoms with Crippen molar-refractivity contribution in [3.05, 3.63) is 129 Å². The van der Waals surface area contributed by atoms with Crippen molar-refractivity contribution in [1.82, 2.24) is 10.2 Å². The molecule has 1 N–H and O–H groups in total. The molecular weight excluding hydrogens is 638 g/mol. The number of nitrogens with zero attached hydrogens (tertiary/aromatic N) is 2. The third kappa shape index (κ3) is 7.79. The number of carbonyl (C=O) groups is 2. The van der Waals surface area contributed by atoms with Gasteiger partial charge in [-0.05, 0) is 60.5 Å². The molecule has 0 bridgehead atoms. The first kappa shape index (κ1) is 31.3. The smallest absolute Gasteiger partial charge is 0.264 e. The molecule has 0 saturated heterocycles. The predicted molar refractivity (Wildman–Crippen MR) is 170 cm³/mol. The molecule has 0 spiro atoms. The molecule has 42 heavy (non-hydrogen) atoms. The number of nitrogens with one attached hydrogen (secondary N) is 1. The lowest BCUT2D eigenvalue weighted by Gasteiger charge is -2.33. The van der Waals surface area contributed by atoms with Crippen LogP contribution in [-0.2, 0) is 32.6 Å². The van der Waals surface area contributed by atoms with Crippen LogP contribution in [0.2, 0.25) is 5.02 Å². The lowest BCUT2D eigenvalue weighted by molar-refractivity contribution is -0.139. The Hall–Kier alpha value is -3.66. The quantitative estimate of drug-likeness (QED) is 0.213. The van der Waals surface area contributed by atoms with E-state index in [0.29, 0.717) is 15.2 Å². The van der Waals surface area contributed by atoms with Crippen molar-refractivity contribution in [3.63, 3.8) is 0 Å². The highest BCUT2D eigenvalue weighted by Gasteiger charge is 2.34. The van der Waals surface area contributed by atoms with Crippen molar-refractivity contribution in [1.29, 1.82) is 0 Å². The van der Waals surface area contributed by atoms with Gasteiger partial charge in [-0.2, -0.15) is 0 Å². The third-order valence-electron chi connectivity index (χ3n) is 6.77. The topological polar surface area (TPSA) is 86.8 Å². The highest BCUT2D eigenvalue weighted by atomic mass is 79.9. The highest BCUT2D eigenvalue weighted by molar-refractivity contribution is 9.10. The zero-order chi connectivity index (χ0) is 30.3. The molecule has 0 saturated carbocycles. The molecule has 0 aromatic heterocycles. The summed E-state index contributed by atoms with van der Waals surface area (Å²) < 4.78 is 29.8. The van der Waals surface area contributed by atoms with E-state index >= 15 is 0 Å². The fourth-order valence-corrected chi connectivity index (χ4v) is 6.42. The Labute approximate surface area is 260 Å². The van der Waals surface area contributed by atoms with Gasteiger partial charge in [0.05, 0.1) is 10.6 Å². The summed E-state index contributed by atoms with van der Waals surface area (Å²) in [5.74, 6) is -0.901. The molecule has 0 aliphatic rings. The Kier molecular flexibility index (Phi) is 10.4. The van der Waals surface area contributed by atoms with Crippen LogP contribution in [0.25, 0.3) is 0 Å². The average Bonchev–Trinajstić information content (AvgIpc) is 2.98. The van der Waals surface area contributed by atoms with Crippen molar-refractivity contribution in [2.45, 2.75) is 30.8 Å². The van der Waals surface area contributed by atoms with E-state index in [9.17, 15) is 18.0 Å². The van der Waals surface area contributed by atoms with Crippen LogP contribution in [0, 0.1) is 6.92 Å². The number of hydrogen-bond donors (Lipinski definition) is 1. The average molecular weight is 669 g/mol. The van der Waals surface area contributed by atoms with Crippen molar-refractivity contribution in [2.75, 3.05) is 17.9 Å². The first-order valence-electron chi connectivity index (χ1n) is 13.2. The minimum absolute atomic E-state index is 0.0530. The molecule has 7 nitrogen and oxygen atoms in total. The molecule has 0 radical (unpaired) electrons. The van der Waals surface area contributed by atoms with E-state index < -0.39 is 28.5 Å². The van der Waals surface area contributed by atoms with Crippen molar-refractivity contribution < 1.29 is 18.0 Å². The molecule has 218 valence electrons. The summed E-state index contributed by atoms with van der Waals surface area (Å²) in [5.41, 5.74) is 2.81. The molecular formula is C32H31BrClN3O4S. The number of likely N-dealkylation sites (N-methyl/N-ethyl adjacent to an activating group) is 1. The van der Waals surface area contributed by atoms with Gasteiger partial charge >= 0.3 is 0 Å². The van der Waals surface area contributed by atoms with E-state index in [4.69, 9.17) is 11.6 Å². The molecule has 0 aliphatic heterocycles. The van der Waals surface area contributed by atoms with E-state index in [0.717, 1.165) is 21.0 Å². The van der Waals surface area contributed by atoms with Crippen LogP contribution in [-0.4, -0.2) is 44.8 Å². The fourth-order valence-electron chi connectivity index (χ4n) is 4.50. The van der Waals surface area contributed by atoms with Gasteiger partial charge in [0.25, 0.3) is 10.0 Å². The molecule has 4 rings (SSSR count). The maximum atomic E-state index is 14.3. The van der Waals surface area contributed by atoms with Gasteiger partial charge in [0.1, 0.15) is 12.6 Å². The first-order chi connectivity index (χ1) is 20.1. The van der Waals surface area contributed by atoms with E-state index in [-0.39, 0.29) is 23.8 Å². The summed E-state index contributed by atoms with van der Waals surface area (Å²) in [6.45, 7) is 1.41. The van der Waals surface area contributed by atoms with Gasteiger partial charge < -0.3 is 10.2 Å². The second-order valence-corrected chi connectivity index (χ2v) is 13.0. The molecule has 0 aliphatic carbocycles. The van der Waals surface area contributed by atoms with Gasteiger partial charge in [0.2, 0.25) is 11.8 Å². The summed E-state index contributed by atoms with van der Waals surface area (Å²) in [4.78, 5) is 29.1. The lowest BCUT2D eigenvalue weighted by Crippen LogP contribution is -2.53. The Morgan fingerprint density at radius 3 is 2.17 bits per heavy atom. The Morgan fingerprint density at radius 1 is 0.881 bits per heavy atom. The minimum Gasteiger partial charge on any atom is -0.357 e. The highest BCUT2D eigenvalue weighted by Crippen LogP contribution is 2.27. The molecule has 0 heterocycles. The monoisotopic (exact) mass is 667 g/mol. The number of rotatable bonds is 11. The number of anilines is 1. The lowest BCUT2D eigenvalue weighted by atomic mass is 10.0. The Balaban J connectivity index is 1.78. The van der Waals surface area contributed by atoms with Crippen LogP contribution in [0.4, 0.5) is 5.69 Å². The fraction of sp³-hybridized carbons (Fsp3) is 0.188. The normalized spacial score (nSPS) is 11.9. The van der Waals surface area contributed by atoms with Crippen LogP contribution in [0.15, 0.2) is 112 Å². The molecule has 0 fully saturated rings. The van der Waals surface area contributed by atoms with Crippen LogP contribution in [0.1, 0.15) is 16.7 Å². The summed E-state index contributed by atoms with van der Waals surface area (Å²) in [6.07, 6.45) is 0.238. The minimum atomic E-state index is -4.16. The van der Waals surface area contributed by atoms with Crippen LogP contribution < -0.4 is 9.62 Å². The van der Waals surface area contributed by atoms with Gasteiger partial charge in [-0.25, -0.2) is 8.42 Å². The molecule has 0 unspecified atom stereocenters. The van der Waals surface area contributed by atoms with Crippen molar-refractivity contribution in [2.24, 2.45) is 0 Å². The first-order valence-corrected chi connectivity index (χ1v) is 15.8. The van der Waals surface area contributed by atoms with Gasteiger partial charge in [-0.3, -0.25) is 13.9 Å². The SMILES string of the molecule is CNC(=O)[C@@H](Cc1ccccc1)N(Cc1ccc(Cl)cc1)C(=O)CN(c1cccc(Br)c1)S(=O)(=O)c1ccc(C)cc1. The number of carbonyl (C=O) groups excluding carboxylic acids is 2. The number of hydrogen-bond acceptors (Lipinski definition) is 4. The molecule has 2 amide bonds. The Morgan fingerprint density at radius 2 is 1.55 bits per heavy atom. The number of amides is 2. The standard InChI is InChI=1S/C32H31BrClN3O4S/c1-23-11-17-29(18-12-23)42(40,41)37(28-10-6-9-26(33)20-28)22-31(38)36(21-25-13-15-27(34)16-14-25)30(32(39)35-2)19-24-7-4-3-5-8-24/h3-18,20,30H,19,21-22H2,1-2H3,(H,35,39)/t30-/m1/s1. The summed E-state index contributed by atoms with van der Waals surface area (Å²) in [5, 5.41) is 3.21. The predicted octanol–water partition coefficient (Wildman–Crippen LogP) is 5.99. The molecule has 4 aromatic rings. The number of sulfonamides is 1. The van der Waals surface area contributed by atoms with Gasteiger partial charge in [-0.15, -0.1) is 0 Å². The van der Waals surface area contributed by atoms with Gasteiger partial charge in [-0.1, -0.05) is 93.8 Å². The van der Waals surface area contributed by atoms with Crippen LogP contribution >= 0.6 is 27.5 Å². The third-order valence-corrected chi connectivity index (χ3v) is 9.30. The van der Waals surface area contributed by atoms with Crippen molar-refractivity contribution in [3.8, 4) is 0 Å². The van der Waals surface area contributed by atoms with E-state index in [1.807, 2.05) is 37.3 Å². The maximum absolute atomic E-state index is 14.3. The van der Waals surface area contributed by atoms with Gasteiger partial charge in [0, 0.05) is 29.5 Å². The van der Waals surface area contributed by atoms with Crippen LogP contribution in [0.5, 0.6) is 0 Å². The second-order valence-electron chi connectivity index (χ2n) is 9.77. The zero-order valence-electron chi connectivity index (χ0n) is 23.2. The van der Waals surface area contributed by atoms with E-state index in [2.05, 4.69) is 21.2 Å². The van der Waals surface area contributed by atoms with E-state index in [1.165, 1.54) is 24.1 Å². The second kappa shape index (κ2) is 14.0. The van der Waals surface area contributed by atoms with Gasteiger partial charge in [0.15, 0.2) is 0 Å². The van der Waals surface area contributed by atoms with Crippen LogP contribution in [0.3, 0.4) is 0 Å². The number of benzene rings is 4. The maximum Gasteiger partial charge on any atom is 0.264 e. The largest absolute Gasteiger partial charge is 0.357 e. The molecule has 1 atom stereocenters. The molecule has 10 heteroatoms.